The van der Waals surface area contributed by atoms with Gasteiger partial charge in [-0.2, -0.15) is 0 Å². The van der Waals surface area contributed by atoms with Crippen LogP contribution in [0.5, 0.6) is 0 Å². The molecule has 4 aromatic rings. The van der Waals surface area contributed by atoms with Gasteiger partial charge in [0.1, 0.15) is 11.3 Å². The van der Waals surface area contributed by atoms with Crippen LogP contribution in [-0.4, -0.2) is 20.4 Å². The molecule has 2 aromatic heterocycles. The summed E-state index contributed by atoms with van der Waals surface area (Å²) in [5, 5.41) is 3.87. The summed E-state index contributed by atoms with van der Waals surface area (Å²) < 4.78 is 2.26. The van der Waals surface area contributed by atoms with Crippen LogP contribution in [0.1, 0.15) is 38.1 Å². The number of fused-ring (bicyclic) bond motifs is 3. The normalized spacial score (nSPS) is 11.2. The van der Waals surface area contributed by atoms with E-state index in [4.69, 9.17) is 10.7 Å². The summed E-state index contributed by atoms with van der Waals surface area (Å²) >= 11 is 0. The van der Waals surface area contributed by atoms with Gasteiger partial charge in [0.05, 0.1) is 11.0 Å². The Balaban J connectivity index is 1.83. The lowest BCUT2D eigenvalue weighted by atomic mass is 10.1. The molecular weight excluding hydrogens is 362 g/mol. The number of benzene rings is 2. The van der Waals surface area contributed by atoms with Gasteiger partial charge in [-0.3, -0.25) is 4.79 Å². The van der Waals surface area contributed by atoms with Crippen LogP contribution in [0.15, 0.2) is 48.5 Å². The van der Waals surface area contributed by atoms with Gasteiger partial charge in [-0.05, 0) is 30.2 Å². The zero-order chi connectivity index (χ0) is 20.4. The highest BCUT2D eigenvalue weighted by Gasteiger charge is 2.17. The average Bonchev–Trinajstić information content (AvgIpc) is 3.07. The first-order valence-corrected chi connectivity index (χ1v) is 9.96. The summed E-state index contributed by atoms with van der Waals surface area (Å²) in [7, 11) is 0. The number of carbonyl (C=O) groups is 1. The predicted octanol–water partition coefficient (Wildman–Crippen LogP) is 4.52. The van der Waals surface area contributed by atoms with Gasteiger partial charge in [0.2, 0.25) is 5.91 Å². The number of aryl methyl sites for hydroxylation is 1. The molecule has 0 bridgehead atoms. The van der Waals surface area contributed by atoms with Crippen molar-refractivity contribution >= 4 is 39.3 Å². The van der Waals surface area contributed by atoms with Crippen molar-refractivity contribution in [2.45, 2.75) is 39.7 Å². The average molecular weight is 387 g/mol. The summed E-state index contributed by atoms with van der Waals surface area (Å²) in [4.78, 5) is 20.7. The number of amides is 1. The molecule has 3 N–H and O–H groups in total. The summed E-state index contributed by atoms with van der Waals surface area (Å²) in [6, 6.07) is 16.0. The summed E-state index contributed by atoms with van der Waals surface area (Å²) in [5.41, 5.74) is 10.9. The van der Waals surface area contributed by atoms with E-state index in [1.54, 1.807) is 0 Å². The highest BCUT2D eigenvalue weighted by atomic mass is 16.1. The van der Waals surface area contributed by atoms with Crippen LogP contribution in [0.2, 0.25) is 0 Å². The molecule has 0 saturated carbocycles. The van der Waals surface area contributed by atoms with Crippen molar-refractivity contribution in [3.8, 4) is 0 Å². The number of nitrogens with two attached hydrogens (primary N) is 1. The first-order valence-electron chi connectivity index (χ1n) is 9.96. The number of unbranched alkanes of at least 4 members (excludes halogenated alkanes) is 1. The molecule has 0 spiro atoms. The van der Waals surface area contributed by atoms with Crippen LogP contribution in [0.4, 0.5) is 11.5 Å². The van der Waals surface area contributed by atoms with Crippen LogP contribution in [0.25, 0.3) is 21.9 Å². The van der Waals surface area contributed by atoms with E-state index < -0.39 is 0 Å². The number of carbonyl (C=O) groups excluding carboxylic acids is 1. The molecular formula is C23H25N5O. The van der Waals surface area contributed by atoms with Crippen molar-refractivity contribution in [1.29, 1.82) is 0 Å². The minimum Gasteiger partial charge on any atom is -0.382 e. The van der Waals surface area contributed by atoms with E-state index in [1.165, 1.54) is 6.92 Å². The monoisotopic (exact) mass is 387 g/mol. The third-order valence-corrected chi connectivity index (χ3v) is 5.06. The molecule has 0 atom stereocenters. The van der Waals surface area contributed by atoms with Crippen LogP contribution in [0, 0.1) is 0 Å². The smallest absolute Gasteiger partial charge is 0.221 e. The third-order valence-electron chi connectivity index (χ3n) is 5.06. The van der Waals surface area contributed by atoms with E-state index in [0.29, 0.717) is 12.4 Å². The first-order chi connectivity index (χ1) is 14.1. The minimum absolute atomic E-state index is 0.0744. The lowest BCUT2D eigenvalue weighted by Crippen LogP contribution is -2.07. The Bertz CT molecular complexity index is 1180. The highest BCUT2D eigenvalue weighted by Crippen LogP contribution is 2.30. The van der Waals surface area contributed by atoms with E-state index in [-0.39, 0.29) is 5.91 Å². The Kier molecular flexibility index (Phi) is 5.16. The molecule has 2 heterocycles. The van der Waals surface area contributed by atoms with Gasteiger partial charge in [-0.1, -0.05) is 43.7 Å². The van der Waals surface area contributed by atoms with Crippen LogP contribution >= 0.6 is 0 Å². The zero-order valence-corrected chi connectivity index (χ0v) is 16.8. The largest absolute Gasteiger partial charge is 0.382 e. The lowest BCUT2D eigenvalue weighted by Gasteiger charge is -2.12. The fourth-order valence-corrected chi connectivity index (χ4v) is 3.68. The number of nitrogen functional groups attached to an aromatic ring is 1. The topological polar surface area (TPSA) is 85.8 Å². The standard InChI is InChI=1S/C23H25N5O/c1-3-4-9-20-27-21-22(18-7-5-6-8-19(18)26-23(21)24)28(20)14-16-10-12-17(13-11-16)25-15(2)29/h5-8,10-13H,3-4,9,14H2,1-2H3,(H2,24,26)(H,25,29). The molecule has 148 valence electrons. The maximum atomic E-state index is 11.3. The number of nitrogens with zero attached hydrogens (tertiary/aromatic N) is 3. The Morgan fingerprint density at radius 1 is 1.10 bits per heavy atom. The van der Waals surface area contributed by atoms with Gasteiger partial charge < -0.3 is 15.6 Å². The molecule has 2 aromatic carbocycles. The Labute approximate surface area is 169 Å². The van der Waals surface area contributed by atoms with Crippen molar-refractivity contribution in [1.82, 2.24) is 14.5 Å². The fraction of sp³-hybridized carbons (Fsp3) is 0.261. The molecule has 6 nitrogen and oxygen atoms in total. The minimum atomic E-state index is -0.0744. The van der Waals surface area contributed by atoms with Crippen molar-refractivity contribution in [3.05, 3.63) is 59.9 Å². The van der Waals surface area contributed by atoms with E-state index in [2.05, 4.69) is 27.9 Å². The third kappa shape index (κ3) is 3.78. The molecule has 29 heavy (non-hydrogen) atoms. The summed E-state index contributed by atoms with van der Waals surface area (Å²) in [6.07, 6.45) is 3.06. The van der Waals surface area contributed by atoms with Crippen LogP contribution in [-0.2, 0) is 17.8 Å². The SMILES string of the molecule is CCCCc1nc2c(N)nc3ccccc3c2n1Cc1ccc(NC(C)=O)cc1. The molecule has 6 heteroatoms. The molecule has 4 rings (SSSR count). The lowest BCUT2D eigenvalue weighted by molar-refractivity contribution is -0.114. The van der Waals surface area contributed by atoms with Crippen molar-refractivity contribution < 1.29 is 4.79 Å². The Hall–Kier alpha value is -3.41. The van der Waals surface area contributed by atoms with Crippen molar-refractivity contribution in [2.24, 2.45) is 0 Å². The maximum absolute atomic E-state index is 11.3. The second kappa shape index (κ2) is 7.91. The molecule has 0 aliphatic rings. The predicted molar refractivity (Wildman–Crippen MR) is 118 cm³/mol. The number of para-hydroxylation sites is 1. The Morgan fingerprint density at radius 3 is 2.59 bits per heavy atom. The van der Waals surface area contributed by atoms with Crippen molar-refractivity contribution in [2.75, 3.05) is 11.1 Å². The van der Waals surface area contributed by atoms with Gasteiger partial charge in [0, 0.05) is 31.0 Å². The van der Waals surface area contributed by atoms with Gasteiger partial charge in [0.15, 0.2) is 5.82 Å². The number of imidazole rings is 1. The van der Waals surface area contributed by atoms with Gasteiger partial charge >= 0.3 is 0 Å². The number of pyridine rings is 1. The molecule has 0 fully saturated rings. The van der Waals surface area contributed by atoms with E-state index in [9.17, 15) is 4.79 Å². The zero-order valence-electron chi connectivity index (χ0n) is 16.8. The number of hydrogen-bond donors (Lipinski definition) is 2. The molecule has 0 unspecified atom stereocenters. The van der Waals surface area contributed by atoms with Crippen LogP contribution in [0.3, 0.4) is 0 Å². The number of nitrogens with one attached hydrogen (secondary N) is 1. The van der Waals surface area contributed by atoms with Gasteiger partial charge in [0.25, 0.3) is 0 Å². The van der Waals surface area contributed by atoms with E-state index in [0.717, 1.165) is 58.3 Å². The number of rotatable bonds is 6. The summed E-state index contributed by atoms with van der Waals surface area (Å²) in [5.74, 6) is 1.42. The number of hydrogen-bond acceptors (Lipinski definition) is 4. The Morgan fingerprint density at radius 2 is 1.86 bits per heavy atom. The summed E-state index contributed by atoms with van der Waals surface area (Å²) in [6.45, 7) is 4.37. The van der Waals surface area contributed by atoms with E-state index >= 15 is 0 Å². The second-order valence-electron chi connectivity index (χ2n) is 7.31. The number of anilines is 2. The quantitative estimate of drug-likeness (QED) is 0.509. The molecule has 0 aliphatic heterocycles. The molecule has 1 amide bonds. The molecule has 0 radical (unpaired) electrons. The fourth-order valence-electron chi connectivity index (χ4n) is 3.68. The second-order valence-corrected chi connectivity index (χ2v) is 7.31. The molecule has 0 saturated heterocycles. The van der Waals surface area contributed by atoms with Crippen molar-refractivity contribution in [3.63, 3.8) is 0 Å². The highest BCUT2D eigenvalue weighted by molar-refractivity contribution is 6.06. The maximum Gasteiger partial charge on any atom is 0.221 e. The molecule has 0 aliphatic carbocycles. The van der Waals surface area contributed by atoms with Gasteiger partial charge in [-0.25, -0.2) is 9.97 Å². The van der Waals surface area contributed by atoms with Gasteiger partial charge in [-0.15, -0.1) is 0 Å². The first kappa shape index (κ1) is 18.9. The number of aromatic nitrogens is 3. The van der Waals surface area contributed by atoms with Crippen LogP contribution < -0.4 is 11.1 Å². The van der Waals surface area contributed by atoms with E-state index in [1.807, 2.05) is 42.5 Å².